The van der Waals surface area contributed by atoms with Crippen molar-refractivity contribution in [3.8, 4) is 11.5 Å². The fraction of sp³-hybridized carbons (Fsp3) is 0.273. The highest BCUT2D eigenvalue weighted by Gasteiger charge is 2.10. The molecule has 0 aliphatic rings. The molecule has 0 fully saturated rings. The van der Waals surface area contributed by atoms with Crippen LogP contribution in [0.2, 0.25) is 0 Å². The topological polar surface area (TPSA) is 51.0 Å². The molecule has 0 unspecified atom stereocenters. The summed E-state index contributed by atoms with van der Waals surface area (Å²) < 4.78 is 19.2. The monoisotopic (exact) mass is 299 g/mol. The van der Waals surface area contributed by atoms with Crippen LogP contribution in [0.4, 0.5) is 4.39 Å². The number of hydrogen-bond donors (Lipinski definition) is 1. The Morgan fingerprint density at radius 2 is 2.24 bits per heavy atom. The zero-order valence-corrected chi connectivity index (χ0v) is 10.8. The van der Waals surface area contributed by atoms with Gasteiger partial charge in [-0.05, 0) is 41.2 Å². The molecular weight excluding hydrogens is 289 g/mol. The Labute approximate surface area is 106 Å². The van der Waals surface area contributed by atoms with E-state index in [0.717, 1.165) is 6.54 Å². The summed E-state index contributed by atoms with van der Waals surface area (Å²) in [4.78, 5) is 0. The van der Waals surface area contributed by atoms with Crippen LogP contribution in [-0.4, -0.2) is 23.8 Å². The van der Waals surface area contributed by atoms with Crippen LogP contribution < -0.4 is 5.32 Å². The molecule has 90 valence electrons. The first-order valence-corrected chi connectivity index (χ1v) is 5.92. The Hall–Kier alpha value is -1.27. The predicted molar refractivity (Wildman–Crippen MR) is 65.0 cm³/mol. The summed E-state index contributed by atoms with van der Waals surface area (Å²) in [6.45, 7) is 0.760. The molecule has 6 heteroatoms. The molecule has 0 radical (unpaired) electrons. The van der Waals surface area contributed by atoms with E-state index in [0.29, 0.717) is 28.2 Å². The summed E-state index contributed by atoms with van der Waals surface area (Å²) in [7, 11) is 1.85. The van der Waals surface area contributed by atoms with Gasteiger partial charge < -0.3 is 9.73 Å². The first kappa shape index (κ1) is 12.2. The molecule has 0 atom stereocenters. The van der Waals surface area contributed by atoms with E-state index in [2.05, 4.69) is 31.4 Å². The second-order valence-corrected chi connectivity index (χ2v) is 4.34. The first-order chi connectivity index (χ1) is 8.20. The highest BCUT2D eigenvalue weighted by atomic mass is 79.9. The van der Waals surface area contributed by atoms with Gasteiger partial charge in [-0.25, -0.2) is 4.39 Å². The quantitative estimate of drug-likeness (QED) is 0.942. The number of hydrogen-bond acceptors (Lipinski definition) is 4. The van der Waals surface area contributed by atoms with Gasteiger partial charge in [0.25, 0.3) is 0 Å². The number of rotatable bonds is 4. The molecular formula is C11H11BrFN3O. The molecule has 0 saturated carbocycles. The molecule has 0 spiro atoms. The first-order valence-electron chi connectivity index (χ1n) is 5.13. The third-order valence-corrected chi connectivity index (χ3v) is 2.87. The standard InChI is InChI=1S/C11H11BrFN3O/c1-14-5-4-10-15-16-11(17-10)7-2-3-8(12)9(13)6-7/h2-3,6,14H,4-5H2,1H3. The molecule has 0 bridgehead atoms. The highest BCUT2D eigenvalue weighted by molar-refractivity contribution is 9.10. The maximum absolute atomic E-state index is 13.3. The Kier molecular flexibility index (Phi) is 3.86. The van der Waals surface area contributed by atoms with Crippen molar-refractivity contribution < 1.29 is 8.81 Å². The van der Waals surface area contributed by atoms with Crippen molar-refractivity contribution in [1.82, 2.24) is 15.5 Å². The number of halogens is 2. The van der Waals surface area contributed by atoms with Crippen molar-refractivity contribution in [2.75, 3.05) is 13.6 Å². The Bertz CT molecular complexity index is 515. The molecule has 1 aromatic heterocycles. The van der Waals surface area contributed by atoms with E-state index in [-0.39, 0.29) is 5.82 Å². The number of aromatic nitrogens is 2. The van der Waals surface area contributed by atoms with Gasteiger partial charge in [-0.15, -0.1) is 10.2 Å². The van der Waals surface area contributed by atoms with Crippen LogP contribution >= 0.6 is 15.9 Å². The van der Waals surface area contributed by atoms with Crippen LogP contribution in [-0.2, 0) is 6.42 Å². The minimum Gasteiger partial charge on any atom is -0.421 e. The van der Waals surface area contributed by atoms with Crippen LogP contribution in [0.15, 0.2) is 27.1 Å². The van der Waals surface area contributed by atoms with Crippen molar-refractivity contribution in [3.63, 3.8) is 0 Å². The van der Waals surface area contributed by atoms with Crippen LogP contribution in [0.25, 0.3) is 11.5 Å². The normalized spacial score (nSPS) is 10.8. The van der Waals surface area contributed by atoms with Crippen molar-refractivity contribution in [2.24, 2.45) is 0 Å². The van der Waals surface area contributed by atoms with E-state index in [4.69, 9.17) is 4.42 Å². The van der Waals surface area contributed by atoms with Gasteiger partial charge in [0.2, 0.25) is 11.8 Å². The van der Waals surface area contributed by atoms with Gasteiger partial charge in [0, 0.05) is 18.5 Å². The van der Waals surface area contributed by atoms with E-state index in [1.54, 1.807) is 12.1 Å². The third kappa shape index (κ3) is 2.89. The van der Waals surface area contributed by atoms with Crippen molar-refractivity contribution in [1.29, 1.82) is 0 Å². The van der Waals surface area contributed by atoms with Gasteiger partial charge in [-0.1, -0.05) is 0 Å². The minimum absolute atomic E-state index is 0.336. The molecule has 4 nitrogen and oxygen atoms in total. The summed E-state index contributed by atoms with van der Waals surface area (Å²) >= 11 is 3.09. The zero-order chi connectivity index (χ0) is 12.3. The average Bonchev–Trinajstić information content (AvgIpc) is 2.79. The minimum atomic E-state index is -0.350. The second kappa shape index (κ2) is 5.37. The molecule has 2 aromatic rings. The van der Waals surface area contributed by atoms with Gasteiger partial charge in [-0.3, -0.25) is 0 Å². The number of nitrogens with zero attached hydrogens (tertiary/aromatic N) is 2. The summed E-state index contributed by atoms with van der Waals surface area (Å²) in [5.74, 6) is 0.526. The van der Waals surface area contributed by atoms with Crippen molar-refractivity contribution in [3.05, 3.63) is 34.4 Å². The third-order valence-electron chi connectivity index (χ3n) is 2.22. The van der Waals surface area contributed by atoms with Crippen LogP contribution in [0.3, 0.4) is 0 Å². The van der Waals surface area contributed by atoms with E-state index >= 15 is 0 Å². The summed E-state index contributed by atoms with van der Waals surface area (Å²) in [5.41, 5.74) is 0.578. The fourth-order valence-corrected chi connectivity index (χ4v) is 1.58. The van der Waals surface area contributed by atoms with E-state index in [1.165, 1.54) is 6.07 Å². The van der Waals surface area contributed by atoms with Gasteiger partial charge in [0.05, 0.1) is 4.47 Å². The number of nitrogens with one attached hydrogen (secondary N) is 1. The molecule has 1 aromatic carbocycles. The Balaban J connectivity index is 2.21. The Morgan fingerprint density at radius 1 is 1.41 bits per heavy atom. The fourth-order valence-electron chi connectivity index (χ4n) is 1.33. The smallest absolute Gasteiger partial charge is 0.247 e. The van der Waals surface area contributed by atoms with Crippen molar-refractivity contribution in [2.45, 2.75) is 6.42 Å². The molecule has 0 aliphatic carbocycles. The van der Waals surface area contributed by atoms with Gasteiger partial charge >= 0.3 is 0 Å². The average molecular weight is 300 g/mol. The lowest BCUT2D eigenvalue weighted by Gasteiger charge is -1.97. The maximum Gasteiger partial charge on any atom is 0.247 e. The maximum atomic E-state index is 13.3. The lowest BCUT2D eigenvalue weighted by atomic mass is 10.2. The summed E-state index contributed by atoms with van der Waals surface area (Å²) in [5, 5.41) is 10.8. The van der Waals surface area contributed by atoms with Crippen molar-refractivity contribution >= 4 is 15.9 Å². The van der Waals surface area contributed by atoms with Gasteiger partial charge in [-0.2, -0.15) is 0 Å². The SMILES string of the molecule is CNCCc1nnc(-c2ccc(Br)c(F)c2)o1. The molecule has 0 amide bonds. The highest BCUT2D eigenvalue weighted by Crippen LogP contribution is 2.23. The Morgan fingerprint density at radius 3 is 2.94 bits per heavy atom. The van der Waals surface area contributed by atoms with Crippen LogP contribution in [0.5, 0.6) is 0 Å². The molecule has 0 saturated heterocycles. The molecule has 0 aliphatic heterocycles. The predicted octanol–water partition coefficient (Wildman–Crippen LogP) is 2.40. The summed E-state index contributed by atoms with van der Waals surface area (Å²) in [6, 6.07) is 4.70. The number of benzene rings is 1. The van der Waals surface area contributed by atoms with Crippen LogP contribution in [0.1, 0.15) is 5.89 Å². The van der Waals surface area contributed by atoms with E-state index < -0.39 is 0 Å². The van der Waals surface area contributed by atoms with E-state index in [9.17, 15) is 4.39 Å². The molecule has 1 heterocycles. The summed E-state index contributed by atoms with van der Waals surface area (Å²) in [6.07, 6.45) is 0.655. The molecule has 17 heavy (non-hydrogen) atoms. The van der Waals surface area contributed by atoms with E-state index in [1.807, 2.05) is 7.05 Å². The van der Waals surface area contributed by atoms with Gasteiger partial charge in [0.15, 0.2) is 0 Å². The second-order valence-electron chi connectivity index (χ2n) is 3.48. The van der Waals surface area contributed by atoms with Crippen LogP contribution in [0, 0.1) is 5.82 Å². The molecule has 2 rings (SSSR count). The lowest BCUT2D eigenvalue weighted by molar-refractivity contribution is 0.499. The number of likely N-dealkylation sites (N-methyl/N-ethyl adjacent to an activating group) is 1. The molecule has 1 N–H and O–H groups in total. The largest absolute Gasteiger partial charge is 0.421 e. The van der Waals surface area contributed by atoms with Gasteiger partial charge in [0.1, 0.15) is 5.82 Å². The zero-order valence-electron chi connectivity index (χ0n) is 9.20. The lowest BCUT2D eigenvalue weighted by Crippen LogP contribution is -2.10.